The number of likely N-dealkylation sites (tertiary alicyclic amines) is 2. The van der Waals surface area contributed by atoms with E-state index in [4.69, 9.17) is 0 Å². The average Bonchev–Trinajstić information content (AvgIpc) is 2.69. The van der Waals surface area contributed by atoms with E-state index in [9.17, 15) is 4.79 Å². The number of pyridine rings is 1. The van der Waals surface area contributed by atoms with Crippen LogP contribution in [0, 0.1) is 5.92 Å². The highest BCUT2D eigenvalue weighted by molar-refractivity contribution is 5.78. The molecule has 28 heavy (non-hydrogen) atoms. The molecule has 1 aromatic heterocycles. The van der Waals surface area contributed by atoms with Crippen LogP contribution in [-0.4, -0.2) is 96.9 Å². The Morgan fingerprint density at radius 2 is 1.71 bits per heavy atom. The Hall–Kier alpha value is -1.50. The van der Waals surface area contributed by atoms with E-state index in [1.54, 1.807) is 0 Å². The molecule has 0 spiro atoms. The molecule has 0 bridgehead atoms. The number of hydrogen-bond donors (Lipinski definition) is 0. The molecule has 156 valence electrons. The van der Waals surface area contributed by atoms with Gasteiger partial charge in [0.15, 0.2) is 0 Å². The summed E-state index contributed by atoms with van der Waals surface area (Å²) in [6.45, 7) is 6.85. The fourth-order valence-electron chi connectivity index (χ4n) is 4.51. The van der Waals surface area contributed by atoms with Gasteiger partial charge in [-0.1, -0.05) is 0 Å². The second-order valence-corrected chi connectivity index (χ2v) is 8.88. The second kappa shape index (κ2) is 10.3. The summed E-state index contributed by atoms with van der Waals surface area (Å²) in [5.74, 6) is 0.829. The highest BCUT2D eigenvalue weighted by atomic mass is 16.2. The lowest BCUT2D eigenvalue weighted by molar-refractivity contribution is -0.133. The van der Waals surface area contributed by atoms with E-state index in [2.05, 4.69) is 26.7 Å². The summed E-state index contributed by atoms with van der Waals surface area (Å²) < 4.78 is 0. The van der Waals surface area contributed by atoms with Crippen molar-refractivity contribution in [2.75, 3.05) is 60.4 Å². The Bertz CT molecular complexity index is 592. The maximum atomic E-state index is 12.8. The van der Waals surface area contributed by atoms with Gasteiger partial charge < -0.3 is 19.6 Å². The minimum atomic E-state index is 0.222. The van der Waals surface area contributed by atoms with E-state index in [1.165, 1.54) is 51.9 Å². The number of carbonyl (C=O) groups is 1. The lowest BCUT2D eigenvalue weighted by Gasteiger charge is -2.42. The molecule has 3 heterocycles. The lowest BCUT2D eigenvalue weighted by Crippen LogP contribution is -2.48. The van der Waals surface area contributed by atoms with Gasteiger partial charge in [-0.25, -0.2) is 0 Å². The first-order chi connectivity index (χ1) is 13.5. The van der Waals surface area contributed by atoms with Gasteiger partial charge in [-0.15, -0.1) is 0 Å². The first-order valence-electron chi connectivity index (χ1n) is 10.7. The molecule has 0 radical (unpaired) electrons. The Labute approximate surface area is 170 Å². The molecule has 2 aliphatic heterocycles. The lowest BCUT2D eigenvalue weighted by atomic mass is 9.93. The zero-order valence-corrected chi connectivity index (χ0v) is 17.9. The largest absolute Gasteiger partial charge is 0.337 e. The smallest absolute Gasteiger partial charge is 0.237 e. The molecule has 0 saturated carbocycles. The van der Waals surface area contributed by atoms with Crippen molar-refractivity contribution in [2.24, 2.45) is 5.92 Å². The molecule has 3 rings (SSSR count). The summed E-state index contributed by atoms with van der Waals surface area (Å²) in [5.41, 5.74) is 1.16. The normalized spacial score (nSPS) is 20.6. The Morgan fingerprint density at radius 1 is 1.07 bits per heavy atom. The van der Waals surface area contributed by atoms with Crippen molar-refractivity contribution in [1.82, 2.24) is 24.6 Å². The molecule has 1 aromatic rings. The van der Waals surface area contributed by atoms with Crippen LogP contribution in [-0.2, 0) is 11.3 Å². The van der Waals surface area contributed by atoms with Gasteiger partial charge in [0.05, 0.1) is 6.54 Å². The van der Waals surface area contributed by atoms with Gasteiger partial charge in [0.2, 0.25) is 5.91 Å². The maximum Gasteiger partial charge on any atom is 0.237 e. The van der Waals surface area contributed by atoms with Crippen LogP contribution in [0.4, 0.5) is 0 Å². The van der Waals surface area contributed by atoms with E-state index >= 15 is 0 Å². The van der Waals surface area contributed by atoms with E-state index < -0.39 is 0 Å². The molecule has 0 atom stereocenters. The molecule has 6 heteroatoms. The van der Waals surface area contributed by atoms with Gasteiger partial charge in [0, 0.05) is 31.5 Å². The monoisotopic (exact) mass is 387 g/mol. The zero-order valence-electron chi connectivity index (χ0n) is 17.9. The highest BCUT2D eigenvalue weighted by Gasteiger charge is 2.29. The predicted molar refractivity (Wildman–Crippen MR) is 113 cm³/mol. The Morgan fingerprint density at radius 3 is 2.32 bits per heavy atom. The average molecular weight is 388 g/mol. The van der Waals surface area contributed by atoms with Crippen molar-refractivity contribution in [3.05, 3.63) is 30.1 Å². The standard InChI is InChI=1S/C22H37N5O/c1-24(2)18-22(28)27(16-19-4-10-23-11-5-19)17-20-6-14-26(15-7-20)21-8-12-25(3)13-9-21/h4-5,10-11,20-21H,6-9,12-18H2,1-3H3. The first-order valence-corrected chi connectivity index (χ1v) is 10.7. The van der Waals surface area contributed by atoms with Gasteiger partial charge in [-0.2, -0.15) is 0 Å². The molecule has 0 N–H and O–H groups in total. The topological polar surface area (TPSA) is 42.9 Å². The number of carbonyl (C=O) groups excluding carboxylic acids is 1. The molecule has 2 fully saturated rings. The van der Waals surface area contributed by atoms with Crippen LogP contribution >= 0.6 is 0 Å². The molecule has 1 amide bonds. The van der Waals surface area contributed by atoms with Gasteiger partial charge in [-0.05, 0) is 96.6 Å². The van der Waals surface area contributed by atoms with Crippen molar-refractivity contribution < 1.29 is 4.79 Å². The van der Waals surface area contributed by atoms with E-state index in [0.717, 1.165) is 18.2 Å². The third kappa shape index (κ3) is 6.26. The van der Waals surface area contributed by atoms with Crippen molar-refractivity contribution in [2.45, 2.75) is 38.3 Å². The summed E-state index contributed by atoms with van der Waals surface area (Å²) in [6.07, 6.45) is 8.63. The number of amides is 1. The Kier molecular flexibility index (Phi) is 7.82. The van der Waals surface area contributed by atoms with E-state index in [1.807, 2.05) is 43.5 Å². The van der Waals surface area contributed by atoms with Gasteiger partial charge >= 0.3 is 0 Å². The molecule has 0 aromatic carbocycles. The van der Waals surface area contributed by atoms with Crippen LogP contribution in [0.2, 0.25) is 0 Å². The number of aromatic nitrogens is 1. The third-order valence-electron chi connectivity index (χ3n) is 6.26. The second-order valence-electron chi connectivity index (χ2n) is 8.88. The van der Waals surface area contributed by atoms with Gasteiger partial charge in [-0.3, -0.25) is 9.78 Å². The van der Waals surface area contributed by atoms with Crippen LogP contribution in [0.25, 0.3) is 0 Å². The first kappa shape index (κ1) is 21.2. The maximum absolute atomic E-state index is 12.8. The molecule has 0 unspecified atom stereocenters. The number of rotatable bonds is 7. The van der Waals surface area contributed by atoms with E-state index in [0.29, 0.717) is 19.0 Å². The number of nitrogens with zero attached hydrogens (tertiary/aromatic N) is 5. The van der Waals surface area contributed by atoms with Crippen molar-refractivity contribution in [3.8, 4) is 0 Å². The van der Waals surface area contributed by atoms with Crippen molar-refractivity contribution in [3.63, 3.8) is 0 Å². The summed E-state index contributed by atoms with van der Waals surface area (Å²) in [7, 11) is 6.15. The molecule has 2 aliphatic rings. The molecular weight excluding hydrogens is 350 g/mol. The number of likely N-dealkylation sites (N-methyl/N-ethyl adjacent to an activating group) is 1. The fraction of sp³-hybridized carbons (Fsp3) is 0.727. The van der Waals surface area contributed by atoms with Crippen molar-refractivity contribution in [1.29, 1.82) is 0 Å². The van der Waals surface area contributed by atoms with E-state index in [-0.39, 0.29) is 5.91 Å². The van der Waals surface area contributed by atoms with Crippen LogP contribution in [0.3, 0.4) is 0 Å². The van der Waals surface area contributed by atoms with Crippen LogP contribution in [0.1, 0.15) is 31.2 Å². The van der Waals surface area contributed by atoms with Crippen LogP contribution in [0.5, 0.6) is 0 Å². The molecule has 2 saturated heterocycles. The minimum Gasteiger partial charge on any atom is -0.337 e. The number of piperidine rings is 2. The SMILES string of the molecule is CN(C)CC(=O)N(Cc1ccncc1)CC1CCN(C2CCN(C)CC2)CC1. The molecule has 6 nitrogen and oxygen atoms in total. The minimum absolute atomic E-state index is 0.222. The fourth-order valence-corrected chi connectivity index (χ4v) is 4.51. The Balaban J connectivity index is 1.53. The number of hydrogen-bond acceptors (Lipinski definition) is 5. The zero-order chi connectivity index (χ0) is 19.9. The summed E-state index contributed by atoms with van der Waals surface area (Å²) in [5, 5.41) is 0. The van der Waals surface area contributed by atoms with Crippen LogP contribution < -0.4 is 0 Å². The predicted octanol–water partition coefficient (Wildman–Crippen LogP) is 1.78. The molecule has 0 aliphatic carbocycles. The van der Waals surface area contributed by atoms with Crippen molar-refractivity contribution >= 4 is 5.91 Å². The third-order valence-corrected chi connectivity index (χ3v) is 6.26. The summed E-state index contributed by atoms with van der Waals surface area (Å²) in [4.78, 5) is 26.1. The van der Waals surface area contributed by atoms with Gasteiger partial charge in [0.1, 0.15) is 0 Å². The summed E-state index contributed by atoms with van der Waals surface area (Å²) in [6, 6.07) is 4.79. The summed E-state index contributed by atoms with van der Waals surface area (Å²) >= 11 is 0. The van der Waals surface area contributed by atoms with Crippen LogP contribution in [0.15, 0.2) is 24.5 Å². The molecular formula is C22H37N5O. The van der Waals surface area contributed by atoms with Gasteiger partial charge in [0.25, 0.3) is 0 Å². The quantitative estimate of drug-likeness (QED) is 0.713. The highest BCUT2D eigenvalue weighted by Crippen LogP contribution is 2.24.